The van der Waals surface area contributed by atoms with E-state index in [0.29, 0.717) is 12.8 Å². The smallest absolute Gasteiger partial charge is 0.220 e. The van der Waals surface area contributed by atoms with Crippen molar-refractivity contribution < 1.29 is 20.1 Å². The number of rotatable bonds is 56. The van der Waals surface area contributed by atoms with Gasteiger partial charge in [0.15, 0.2) is 0 Å². The molecule has 1 amide bonds. The van der Waals surface area contributed by atoms with Crippen molar-refractivity contribution in [3.63, 3.8) is 0 Å². The number of aliphatic hydroxyl groups is 3. The van der Waals surface area contributed by atoms with Crippen molar-refractivity contribution in [1.29, 1.82) is 0 Å². The lowest BCUT2D eigenvalue weighted by atomic mass is 10.0. The molecule has 5 nitrogen and oxygen atoms in total. The first kappa shape index (κ1) is 64.8. The molecule has 0 fully saturated rings. The molecule has 4 N–H and O–H groups in total. The van der Waals surface area contributed by atoms with E-state index in [9.17, 15) is 20.1 Å². The summed E-state index contributed by atoms with van der Waals surface area (Å²) in [6, 6.07) is -0.831. The van der Waals surface area contributed by atoms with Gasteiger partial charge in [0, 0.05) is 6.42 Å². The van der Waals surface area contributed by atoms with E-state index in [-0.39, 0.29) is 12.5 Å². The van der Waals surface area contributed by atoms with E-state index in [1.54, 1.807) is 0 Å². The molecule has 0 aromatic rings. The number of aliphatic hydroxyl groups excluding tert-OH is 3. The van der Waals surface area contributed by atoms with Gasteiger partial charge in [-0.05, 0) is 51.4 Å². The van der Waals surface area contributed by atoms with Crippen LogP contribution < -0.4 is 5.32 Å². The lowest BCUT2D eigenvalue weighted by Crippen LogP contribution is -2.50. The van der Waals surface area contributed by atoms with Gasteiger partial charge in [-0.25, -0.2) is 0 Å². The molecule has 0 rings (SSSR count). The standard InChI is InChI=1S/C61H119NO4/c1-3-5-7-9-11-13-15-17-19-21-23-25-27-29-30-31-32-34-36-38-40-42-44-46-48-50-52-54-56-60(65)62-58(57-63)61(66)59(64)55-53-51-49-47-45-43-41-39-37-35-33-28-26-24-22-20-18-16-14-12-10-8-6-4-2/h39,41,47,49,58-59,61,63-64,66H,3-38,40,42-46,48,50-57H2,1-2H3,(H,62,65)/b41-39+,49-47+. The van der Waals surface area contributed by atoms with Crippen molar-refractivity contribution in [2.75, 3.05) is 6.61 Å². The van der Waals surface area contributed by atoms with Crippen LogP contribution in [0.5, 0.6) is 0 Å². The van der Waals surface area contributed by atoms with E-state index < -0.39 is 18.2 Å². The Balaban J connectivity index is 3.54. The molecule has 0 heterocycles. The highest BCUT2D eigenvalue weighted by atomic mass is 16.3. The van der Waals surface area contributed by atoms with Gasteiger partial charge in [0.2, 0.25) is 5.91 Å². The number of carbonyl (C=O) groups is 1. The average molecular weight is 931 g/mol. The Kier molecular flexibility index (Phi) is 55.4. The minimum Gasteiger partial charge on any atom is -0.394 e. The molecule has 0 aromatic heterocycles. The van der Waals surface area contributed by atoms with Crippen LogP contribution in [0.25, 0.3) is 0 Å². The summed E-state index contributed by atoms with van der Waals surface area (Å²) in [7, 11) is 0. The number of unbranched alkanes of at least 4 members (excludes halogenated alkanes) is 44. The molecule has 66 heavy (non-hydrogen) atoms. The first-order valence-corrected chi connectivity index (χ1v) is 30.1. The highest BCUT2D eigenvalue weighted by Crippen LogP contribution is 2.18. The van der Waals surface area contributed by atoms with E-state index in [2.05, 4.69) is 43.5 Å². The molecule has 3 atom stereocenters. The fourth-order valence-corrected chi connectivity index (χ4v) is 9.65. The Morgan fingerprint density at radius 2 is 0.621 bits per heavy atom. The molecule has 0 aliphatic heterocycles. The third kappa shape index (κ3) is 50.7. The van der Waals surface area contributed by atoms with Gasteiger partial charge in [-0.2, -0.15) is 0 Å². The van der Waals surface area contributed by atoms with E-state index in [1.807, 2.05) is 0 Å². The lowest BCUT2D eigenvalue weighted by molar-refractivity contribution is -0.124. The van der Waals surface area contributed by atoms with Crippen LogP contribution in [0.1, 0.15) is 335 Å². The maximum atomic E-state index is 12.5. The molecule has 0 bridgehead atoms. The monoisotopic (exact) mass is 930 g/mol. The van der Waals surface area contributed by atoms with Crippen LogP contribution >= 0.6 is 0 Å². The van der Waals surface area contributed by atoms with Crippen molar-refractivity contribution in [2.45, 2.75) is 353 Å². The molecule has 0 aromatic carbocycles. The van der Waals surface area contributed by atoms with Gasteiger partial charge in [0.05, 0.1) is 18.8 Å². The first-order valence-electron chi connectivity index (χ1n) is 30.1. The number of hydrogen-bond acceptors (Lipinski definition) is 4. The zero-order valence-corrected chi connectivity index (χ0v) is 44.9. The molecule has 3 unspecified atom stereocenters. The Labute approximate surface area is 413 Å². The van der Waals surface area contributed by atoms with Gasteiger partial charge < -0.3 is 20.6 Å². The number of amides is 1. The second-order valence-electron chi connectivity index (χ2n) is 20.9. The molecular formula is C61H119NO4. The Morgan fingerprint density at radius 3 is 0.924 bits per heavy atom. The van der Waals surface area contributed by atoms with Crippen LogP contribution in [0.2, 0.25) is 0 Å². The largest absolute Gasteiger partial charge is 0.394 e. The molecule has 5 heteroatoms. The van der Waals surface area contributed by atoms with Gasteiger partial charge in [-0.1, -0.05) is 301 Å². The maximum Gasteiger partial charge on any atom is 0.220 e. The topological polar surface area (TPSA) is 89.8 Å². The summed E-state index contributed by atoms with van der Waals surface area (Å²) in [6.07, 6.45) is 72.1. The van der Waals surface area contributed by atoms with E-state index in [0.717, 1.165) is 44.9 Å². The van der Waals surface area contributed by atoms with Gasteiger partial charge in [0.1, 0.15) is 6.10 Å². The highest BCUT2D eigenvalue weighted by Gasteiger charge is 2.26. The third-order valence-electron chi connectivity index (χ3n) is 14.3. The van der Waals surface area contributed by atoms with E-state index >= 15 is 0 Å². The van der Waals surface area contributed by atoms with Crippen molar-refractivity contribution in [3.8, 4) is 0 Å². The quantitative estimate of drug-likeness (QED) is 0.0361. The number of allylic oxidation sites excluding steroid dienone is 4. The second-order valence-corrected chi connectivity index (χ2v) is 20.9. The number of carbonyl (C=O) groups excluding carboxylic acids is 1. The molecule has 0 spiro atoms. The van der Waals surface area contributed by atoms with E-state index in [4.69, 9.17) is 0 Å². The summed E-state index contributed by atoms with van der Waals surface area (Å²) in [4.78, 5) is 12.5. The Hall–Kier alpha value is -1.17. The van der Waals surface area contributed by atoms with Crippen molar-refractivity contribution >= 4 is 5.91 Å². The highest BCUT2D eigenvalue weighted by molar-refractivity contribution is 5.76. The summed E-state index contributed by atoms with van der Waals surface area (Å²) in [6.45, 7) is 4.21. The van der Waals surface area contributed by atoms with Crippen LogP contribution in [-0.2, 0) is 4.79 Å². The summed E-state index contributed by atoms with van der Waals surface area (Å²) in [5.41, 5.74) is 0. The minimum atomic E-state index is -1.17. The van der Waals surface area contributed by atoms with Crippen LogP contribution in [0.3, 0.4) is 0 Å². The van der Waals surface area contributed by atoms with Gasteiger partial charge >= 0.3 is 0 Å². The molecular weight excluding hydrogens is 811 g/mol. The van der Waals surface area contributed by atoms with Crippen LogP contribution in [0, 0.1) is 0 Å². The molecule has 0 saturated heterocycles. The third-order valence-corrected chi connectivity index (χ3v) is 14.3. The summed E-state index contributed by atoms with van der Waals surface area (Å²) in [5, 5.41) is 33.8. The van der Waals surface area contributed by atoms with Gasteiger partial charge in [-0.15, -0.1) is 0 Å². The Bertz CT molecular complexity index is 982. The van der Waals surface area contributed by atoms with Crippen LogP contribution in [-0.4, -0.2) is 46.1 Å². The Morgan fingerprint density at radius 1 is 0.364 bits per heavy atom. The predicted octanol–water partition coefficient (Wildman–Crippen LogP) is 18.8. The SMILES string of the molecule is CCCCCCCCCCCCCCCCC/C=C/CC/C=C/CCCC(O)C(O)C(CO)NC(=O)CCCCCCCCCCCCCCCCCCCCCCCCCCCCCC. The molecule has 0 radical (unpaired) electrons. The maximum absolute atomic E-state index is 12.5. The molecule has 0 saturated carbocycles. The minimum absolute atomic E-state index is 0.151. The van der Waals surface area contributed by atoms with Crippen LogP contribution in [0.15, 0.2) is 24.3 Å². The molecule has 0 aliphatic rings. The first-order chi connectivity index (χ1) is 32.6. The second kappa shape index (κ2) is 56.4. The summed E-state index contributed by atoms with van der Waals surface area (Å²) >= 11 is 0. The zero-order valence-electron chi connectivity index (χ0n) is 44.9. The fraction of sp³-hybridized carbons (Fsp3) is 0.918. The fourth-order valence-electron chi connectivity index (χ4n) is 9.65. The summed E-state index contributed by atoms with van der Waals surface area (Å²) in [5.74, 6) is -0.151. The summed E-state index contributed by atoms with van der Waals surface area (Å²) < 4.78 is 0. The number of hydrogen-bond donors (Lipinski definition) is 4. The number of nitrogens with one attached hydrogen (secondary N) is 1. The zero-order chi connectivity index (χ0) is 47.9. The molecule has 392 valence electrons. The van der Waals surface area contributed by atoms with Gasteiger partial charge in [-0.3, -0.25) is 4.79 Å². The lowest BCUT2D eigenvalue weighted by Gasteiger charge is -2.26. The van der Waals surface area contributed by atoms with Gasteiger partial charge in [0.25, 0.3) is 0 Å². The predicted molar refractivity (Wildman–Crippen MR) is 292 cm³/mol. The average Bonchev–Trinajstić information content (AvgIpc) is 3.32. The van der Waals surface area contributed by atoms with E-state index in [1.165, 1.54) is 263 Å². The van der Waals surface area contributed by atoms with Crippen molar-refractivity contribution in [2.24, 2.45) is 0 Å². The van der Waals surface area contributed by atoms with Crippen molar-refractivity contribution in [3.05, 3.63) is 24.3 Å². The normalized spacial score (nSPS) is 13.3. The van der Waals surface area contributed by atoms with Crippen LogP contribution in [0.4, 0.5) is 0 Å². The molecule has 0 aliphatic carbocycles. The van der Waals surface area contributed by atoms with Crippen molar-refractivity contribution in [1.82, 2.24) is 5.32 Å².